The topological polar surface area (TPSA) is 0 Å². The lowest BCUT2D eigenvalue weighted by Gasteiger charge is -2.26. The minimum Gasteiger partial charge on any atom is -0.0654 e. The Morgan fingerprint density at radius 2 is 0.552 bits per heavy atom. The van der Waals surface area contributed by atoms with E-state index in [1.807, 2.05) is 0 Å². The first-order chi connectivity index (χ1) is 28.7. The second-order valence-corrected chi connectivity index (χ2v) is 17.3. The molecule has 7 aromatic rings. The smallest absolute Gasteiger partial charge is 0.00237 e. The highest BCUT2D eigenvalue weighted by molar-refractivity contribution is 6.16. The Kier molecular flexibility index (Phi) is 15.5. The van der Waals surface area contributed by atoms with Gasteiger partial charge in [0.1, 0.15) is 0 Å². The summed E-state index contributed by atoms with van der Waals surface area (Å²) in [7, 11) is 0. The van der Waals surface area contributed by atoms with Gasteiger partial charge in [0.2, 0.25) is 0 Å². The largest absolute Gasteiger partial charge is 0.0654 e. The molecule has 302 valence electrons. The highest BCUT2D eigenvalue weighted by Gasteiger charge is 2.24. The molecule has 0 nitrogen and oxygen atoms in total. The zero-order valence-electron chi connectivity index (χ0n) is 36.3. The number of hydrogen-bond acceptors (Lipinski definition) is 0. The van der Waals surface area contributed by atoms with Crippen LogP contribution in [0.1, 0.15) is 153 Å². The Balaban J connectivity index is 1.52. The maximum atomic E-state index is 2.73. The summed E-state index contributed by atoms with van der Waals surface area (Å²) in [4.78, 5) is 0. The lowest BCUT2D eigenvalue weighted by molar-refractivity contribution is 0.593. The number of benzene rings is 7. The molecule has 0 fully saturated rings. The second-order valence-electron chi connectivity index (χ2n) is 17.3. The van der Waals surface area contributed by atoms with Gasteiger partial charge in [0.05, 0.1) is 0 Å². The molecule has 0 unspecified atom stereocenters. The number of fused-ring (bicyclic) bond motifs is 4. The van der Waals surface area contributed by atoms with Crippen LogP contribution in [-0.2, 0) is 19.3 Å². The molecule has 0 N–H and O–H groups in total. The van der Waals surface area contributed by atoms with Gasteiger partial charge in [-0.15, -0.1) is 0 Å². The van der Waals surface area contributed by atoms with Crippen LogP contribution in [0.3, 0.4) is 0 Å². The van der Waals surface area contributed by atoms with E-state index >= 15 is 0 Å². The van der Waals surface area contributed by atoms with Crippen molar-refractivity contribution in [3.63, 3.8) is 0 Å². The molecule has 0 saturated carbocycles. The highest BCUT2D eigenvalue weighted by Crippen LogP contribution is 2.47. The predicted octanol–water partition coefficient (Wildman–Crippen LogP) is 18.3. The fourth-order valence-corrected chi connectivity index (χ4v) is 10.00. The second kappa shape index (κ2) is 21.5. The summed E-state index contributed by atoms with van der Waals surface area (Å²) in [5.41, 5.74) is 10.9. The number of rotatable bonds is 23. The molecule has 0 atom stereocenters. The third kappa shape index (κ3) is 9.88. The number of unbranched alkanes of at least 4 members (excludes halogenated alkanes) is 15. The lowest BCUT2D eigenvalue weighted by atomic mass is 9.77. The molecule has 0 spiro atoms. The summed E-state index contributed by atoms with van der Waals surface area (Å²) < 4.78 is 0. The fraction of sp³-hybridized carbons (Fsp3) is 0.414. The summed E-state index contributed by atoms with van der Waals surface area (Å²) in [6, 6.07) is 44.4. The van der Waals surface area contributed by atoms with Crippen LogP contribution in [0.4, 0.5) is 0 Å². The molecule has 7 aromatic carbocycles. The maximum absolute atomic E-state index is 2.73. The minimum atomic E-state index is 1.16. The molecule has 7 rings (SSSR count). The Morgan fingerprint density at radius 1 is 0.276 bits per heavy atom. The van der Waals surface area contributed by atoms with E-state index in [9.17, 15) is 0 Å². The minimum absolute atomic E-state index is 1.16. The van der Waals surface area contributed by atoms with Gasteiger partial charge in [-0.3, -0.25) is 0 Å². The van der Waals surface area contributed by atoms with Crippen LogP contribution in [0, 0.1) is 0 Å². The molecule has 0 aliphatic carbocycles. The Hall–Kier alpha value is -4.42. The van der Waals surface area contributed by atoms with Gasteiger partial charge in [0.15, 0.2) is 0 Å². The standard InChI is InChI=1S/C58H70/c1-4-7-10-13-16-19-38-52-53(39-20-17-14-11-8-5-2)55(57-48-34-26-22-30-44(48)41-45-31-23-27-35-49(45)57)43-56(54(52)40-21-18-15-12-9-6-3)58-50-36-28-24-32-46(50)42-47-33-25-29-37-51(47)58/h22-37,41-43H,4-21,38-40H2,1-3H3. The van der Waals surface area contributed by atoms with Crippen molar-refractivity contribution >= 4 is 43.1 Å². The van der Waals surface area contributed by atoms with E-state index in [4.69, 9.17) is 0 Å². The zero-order chi connectivity index (χ0) is 39.9. The fourth-order valence-electron chi connectivity index (χ4n) is 10.00. The first-order valence-corrected chi connectivity index (χ1v) is 23.7. The third-order valence-corrected chi connectivity index (χ3v) is 13.1. The van der Waals surface area contributed by atoms with Gasteiger partial charge < -0.3 is 0 Å². The van der Waals surface area contributed by atoms with Crippen molar-refractivity contribution in [1.29, 1.82) is 0 Å². The van der Waals surface area contributed by atoms with Crippen molar-refractivity contribution in [3.05, 3.63) is 132 Å². The van der Waals surface area contributed by atoms with Crippen molar-refractivity contribution in [2.24, 2.45) is 0 Å². The van der Waals surface area contributed by atoms with Gasteiger partial charge in [-0.2, -0.15) is 0 Å². The van der Waals surface area contributed by atoms with Crippen LogP contribution in [0.5, 0.6) is 0 Å². The molecule has 0 amide bonds. The van der Waals surface area contributed by atoms with Crippen molar-refractivity contribution in [3.8, 4) is 22.3 Å². The first kappa shape index (κ1) is 41.7. The summed E-state index contributed by atoms with van der Waals surface area (Å²) in [5.74, 6) is 0. The molecule has 0 aromatic heterocycles. The number of hydrogen-bond donors (Lipinski definition) is 0. The molecule has 0 radical (unpaired) electrons. The third-order valence-electron chi connectivity index (χ3n) is 13.1. The maximum Gasteiger partial charge on any atom is -0.00237 e. The van der Waals surface area contributed by atoms with Crippen LogP contribution in [-0.4, -0.2) is 0 Å². The summed E-state index contributed by atoms with van der Waals surface area (Å²) in [6.07, 6.45) is 27.3. The molecule has 0 bridgehead atoms. The van der Waals surface area contributed by atoms with Crippen molar-refractivity contribution < 1.29 is 0 Å². The summed E-state index contributed by atoms with van der Waals surface area (Å²) in [6.45, 7) is 7.01. The normalized spacial score (nSPS) is 11.8. The Morgan fingerprint density at radius 3 is 0.879 bits per heavy atom. The Bertz CT molecular complexity index is 2110. The highest BCUT2D eigenvalue weighted by atomic mass is 14.3. The van der Waals surface area contributed by atoms with Crippen molar-refractivity contribution in [1.82, 2.24) is 0 Å². The first-order valence-electron chi connectivity index (χ1n) is 23.7. The molecule has 58 heavy (non-hydrogen) atoms. The Labute approximate surface area is 351 Å². The molecule has 0 heterocycles. The molecular weight excluding hydrogens is 697 g/mol. The monoisotopic (exact) mass is 767 g/mol. The molecule has 0 aliphatic rings. The van der Waals surface area contributed by atoms with Crippen molar-refractivity contribution in [2.45, 2.75) is 156 Å². The van der Waals surface area contributed by atoms with Crippen LogP contribution in [0.25, 0.3) is 65.3 Å². The van der Waals surface area contributed by atoms with E-state index in [-0.39, 0.29) is 0 Å². The van der Waals surface area contributed by atoms with E-state index in [1.54, 1.807) is 16.7 Å². The predicted molar refractivity (Wildman–Crippen MR) is 259 cm³/mol. The zero-order valence-corrected chi connectivity index (χ0v) is 36.3. The molecular formula is C58H70. The summed E-state index contributed by atoms with van der Waals surface area (Å²) >= 11 is 0. The van der Waals surface area contributed by atoms with E-state index in [0.717, 1.165) is 12.8 Å². The lowest BCUT2D eigenvalue weighted by Crippen LogP contribution is -2.08. The van der Waals surface area contributed by atoms with E-state index in [0.29, 0.717) is 0 Å². The average molecular weight is 767 g/mol. The molecule has 0 saturated heterocycles. The van der Waals surface area contributed by atoms with Gasteiger partial charge in [-0.1, -0.05) is 214 Å². The van der Waals surface area contributed by atoms with Crippen LogP contribution >= 0.6 is 0 Å². The van der Waals surface area contributed by atoms with Gasteiger partial charge in [-0.25, -0.2) is 0 Å². The van der Waals surface area contributed by atoms with Crippen LogP contribution in [0.2, 0.25) is 0 Å². The molecule has 0 aliphatic heterocycles. The van der Waals surface area contributed by atoms with Gasteiger partial charge in [0.25, 0.3) is 0 Å². The van der Waals surface area contributed by atoms with E-state index in [1.165, 1.54) is 187 Å². The van der Waals surface area contributed by atoms with E-state index < -0.39 is 0 Å². The van der Waals surface area contributed by atoms with Gasteiger partial charge in [0, 0.05) is 0 Å². The van der Waals surface area contributed by atoms with Gasteiger partial charge >= 0.3 is 0 Å². The summed E-state index contributed by atoms with van der Waals surface area (Å²) in [5, 5.41) is 10.9. The van der Waals surface area contributed by atoms with Crippen LogP contribution in [0.15, 0.2) is 115 Å². The van der Waals surface area contributed by atoms with E-state index in [2.05, 4.69) is 136 Å². The van der Waals surface area contributed by atoms with Gasteiger partial charge in [-0.05, 0) is 139 Å². The van der Waals surface area contributed by atoms with Crippen LogP contribution < -0.4 is 0 Å². The average Bonchev–Trinajstić information content (AvgIpc) is 3.26. The molecule has 0 heteroatoms. The SMILES string of the molecule is CCCCCCCCc1c(-c2c3ccccc3cc3ccccc23)cc(-c2c3ccccc3cc3ccccc23)c(CCCCCCCC)c1CCCCCCCC. The quantitative estimate of drug-likeness (QED) is 0.0449. The van der Waals surface area contributed by atoms with Crippen molar-refractivity contribution in [2.75, 3.05) is 0 Å².